The maximum absolute atomic E-state index is 14.5. The number of aromatic nitrogens is 5. The molecule has 0 unspecified atom stereocenters. The molecule has 7 aromatic rings. The number of piperazine rings is 1. The van der Waals surface area contributed by atoms with Crippen molar-refractivity contribution in [3.8, 4) is 22.8 Å². The first-order chi connectivity index (χ1) is 28.5. The molecule has 3 saturated heterocycles. The minimum Gasteiger partial charge on any atom is -0.436 e. The highest BCUT2D eigenvalue weighted by Gasteiger charge is 2.39. The highest BCUT2D eigenvalue weighted by Crippen LogP contribution is 2.38. The van der Waals surface area contributed by atoms with E-state index in [2.05, 4.69) is 38.9 Å². The van der Waals surface area contributed by atoms with Gasteiger partial charge in [-0.25, -0.2) is 15.0 Å². The number of likely N-dealkylation sites (N-methyl/N-ethyl adjacent to an activating group) is 1. The van der Waals surface area contributed by atoms with Gasteiger partial charge in [0.05, 0.1) is 46.8 Å². The van der Waals surface area contributed by atoms with Crippen LogP contribution in [0.4, 0.5) is 0 Å². The second-order valence-corrected chi connectivity index (χ2v) is 15.8. The van der Waals surface area contributed by atoms with Crippen LogP contribution in [0.5, 0.6) is 0 Å². The number of imidazole rings is 2. The number of aromatic amines is 2. The van der Waals surface area contributed by atoms with Crippen molar-refractivity contribution in [3.63, 3.8) is 0 Å². The molecule has 6 heterocycles. The topological polar surface area (TPSA) is 130 Å². The second kappa shape index (κ2) is 15.3. The van der Waals surface area contributed by atoms with Crippen LogP contribution in [-0.2, 0) is 9.59 Å². The van der Waals surface area contributed by atoms with Crippen LogP contribution in [0, 0.1) is 6.42 Å². The van der Waals surface area contributed by atoms with E-state index in [1.54, 1.807) is 12.6 Å². The van der Waals surface area contributed by atoms with Gasteiger partial charge < -0.3 is 29.1 Å². The van der Waals surface area contributed by atoms with Crippen LogP contribution >= 0.6 is 0 Å². The summed E-state index contributed by atoms with van der Waals surface area (Å²) >= 11 is 0. The van der Waals surface area contributed by atoms with Gasteiger partial charge >= 0.3 is 0 Å². The Kier molecular flexibility index (Phi) is 9.58. The Morgan fingerprint density at radius 1 is 0.759 bits per heavy atom. The number of carbonyl (C=O) groups excluding carboxylic acids is 2. The van der Waals surface area contributed by atoms with E-state index in [9.17, 15) is 9.59 Å². The van der Waals surface area contributed by atoms with Crippen molar-refractivity contribution in [2.45, 2.75) is 43.8 Å². The van der Waals surface area contributed by atoms with Gasteiger partial charge in [-0.2, -0.15) is 0 Å². The number of carbonyl (C=O) groups is 2. The Bertz CT molecular complexity index is 2570. The highest BCUT2D eigenvalue weighted by molar-refractivity contribution is 5.91. The maximum atomic E-state index is 14.5. The SMILES string of the molecule is CN1CCN([C@@H](C(=O)N2CCC[C@H]2c2nc3cc(-c4cnc(-c5cccc6[nH]c([C@@H]7CCCN7C(=O)[CH]c7ccccc7)nc56)o4)ccc3[nH]2)c2ccccc2)CC1. The number of nitrogens with one attached hydrogen (secondary N) is 2. The third-order valence-electron chi connectivity index (χ3n) is 12.1. The van der Waals surface area contributed by atoms with Crippen LogP contribution in [-0.4, -0.2) is 103 Å². The predicted molar refractivity (Wildman–Crippen MR) is 222 cm³/mol. The maximum Gasteiger partial charge on any atom is 0.245 e. The van der Waals surface area contributed by atoms with E-state index in [-0.39, 0.29) is 29.9 Å². The molecular weight excluding hydrogens is 727 g/mol. The van der Waals surface area contributed by atoms with Crippen molar-refractivity contribution >= 4 is 33.9 Å². The molecule has 2 N–H and O–H groups in total. The number of benzene rings is 4. The largest absolute Gasteiger partial charge is 0.436 e. The summed E-state index contributed by atoms with van der Waals surface area (Å²) in [6, 6.07) is 31.3. The molecule has 1 radical (unpaired) electrons. The van der Waals surface area contributed by atoms with Crippen LogP contribution in [0.25, 0.3) is 44.8 Å². The minimum absolute atomic E-state index is 0.0142. The first-order valence-corrected chi connectivity index (χ1v) is 20.4. The zero-order valence-corrected chi connectivity index (χ0v) is 32.6. The van der Waals surface area contributed by atoms with E-state index >= 15 is 0 Å². The van der Waals surface area contributed by atoms with E-state index in [0.29, 0.717) is 24.7 Å². The van der Waals surface area contributed by atoms with Crippen molar-refractivity contribution in [2.24, 2.45) is 0 Å². The summed E-state index contributed by atoms with van der Waals surface area (Å²) in [5.41, 5.74) is 6.89. The van der Waals surface area contributed by atoms with Crippen LogP contribution in [0.2, 0.25) is 0 Å². The standard InChI is InChI=1S/C46H46N9O3/c1-52-23-25-53(26-24-52)42(31-13-6-3-7-14-31)46(57)55-22-10-18-38(55)43-48-34-20-19-32(28-36(34)50-43)39-29-47-45(58-39)33-15-8-16-35-41(33)51-44(49-35)37-17-9-21-54(37)40(56)27-30-11-4-2-5-12-30/h2-8,11-16,19-20,27-29,37-38,42H,9-10,17-18,21-26H2,1H3,(H,48,50)(H,49,51)/t37-,38-,42+/m0/s1. The fourth-order valence-corrected chi connectivity index (χ4v) is 9.04. The van der Waals surface area contributed by atoms with Crippen molar-refractivity contribution in [2.75, 3.05) is 46.3 Å². The Labute approximate surface area is 336 Å². The van der Waals surface area contributed by atoms with Gasteiger partial charge in [-0.3, -0.25) is 14.5 Å². The smallest absolute Gasteiger partial charge is 0.245 e. The second-order valence-electron chi connectivity index (χ2n) is 15.8. The minimum atomic E-state index is -0.323. The molecule has 3 aliphatic heterocycles. The Morgan fingerprint density at radius 3 is 2.26 bits per heavy atom. The van der Waals surface area contributed by atoms with Gasteiger partial charge in [0.1, 0.15) is 23.2 Å². The average Bonchev–Trinajstić information content (AvgIpc) is 4.10. The third-order valence-corrected chi connectivity index (χ3v) is 12.1. The molecular formula is C46H46N9O3. The molecule has 3 atom stereocenters. The molecule has 0 bridgehead atoms. The summed E-state index contributed by atoms with van der Waals surface area (Å²) in [4.78, 5) is 58.4. The number of para-hydroxylation sites is 1. The molecule has 0 spiro atoms. The Hall–Kier alpha value is -6.11. The number of fused-ring (bicyclic) bond motifs is 2. The van der Waals surface area contributed by atoms with Gasteiger partial charge in [0.2, 0.25) is 17.7 Å². The molecule has 0 saturated carbocycles. The molecule has 3 fully saturated rings. The number of likely N-dealkylation sites (tertiary alicyclic amines) is 2. The van der Waals surface area contributed by atoms with Gasteiger partial charge in [-0.1, -0.05) is 66.7 Å². The first kappa shape index (κ1) is 36.2. The normalized spacial score (nSPS) is 19.7. The lowest BCUT2D eigenvalue weighted by molar-refractivity contribution is -0.139. The molecule has 12 heteroatoms. The number of amides is 2. The Balaban J connectivity index is 0.886. The van der Waals surface area contributed by atoms with Gasteiger partial charge in [-0.05, 0) is 74.2 Å². The highest BCUT2D eigenvalue weighted by atomic mass is 16.4. The lowest BCUT2D eigenvalue weighted by atomic mass is 10.0. The van der Waals surface area contributed by atoms with E-state index in [0.717, 1.165) is 108 Å². The third kappa shape index (κ3) is 6.86. The van der Waals surface area contributed by atoms with Crippen molar-refractivity contribution in [1.82, 2.24) is 44.5 Å². The van der Waals surface area contributed by atoms with Crippen molar-refractivity contribution < 1.29 is 14.0 Å². The van der Waals surface area contributed by atoms with E-state index < -0.39 is 0 Å². The molecule has 10 rings (SSSR count). The number of hydrogen-bond acceptors (Lipinski definition) is 8. The van der Waals surface area contributed by atoms with Crippen molar-refractivity contribution in [1.29, 1.82) is 0 Å². The lowest BCUT2D eigenvalue weighted by Crippen LogP contribution is -2.50. The van der Waals surface area contributed by atoms with Crippen LogP contribution in [0.15, 0.2) is 108 Å². The predicted octanol–water partition coefficient (Wildman–Crippen LogP) is 7.33. The van der Waals surface area contributed by atoms with Crippen molar-refractivity contribution in [3.05, 3.63) is 132 Å². The Morgan fingerprint density at radius 2 is 1.47 bits per heavy atom. The number of hydrogen-bond donors (Lipinski definition) is 2. The van der Waals surface area contributed by atoms with Gasteiger partial charge in [0.25, 0.3) is 0 Å². The molecule has 12 nitrogen and oxygen atoms in total. The number of oxazole rings is 1. The molecule has 0 aliphatic carbocycles. The molecule has 4 aromatic carbocycles. The van der Waals surface area contributed by atoms with Crippen LogP contribution in [0.3, 0.4) is 0 Å². The van der Waals surface area contributed by atoms with Gasteiger partial charge in [-0.15, -0.1) is 0 Å². The summed E-state index contributed by atoms with van der Waals surface area (Å²) in [6.45, 7) is 4.98. The molecule has 3 aromatic heterocycles. The van der Waals surface area contributed by atoms with E-state index in [1.165, 1.54) is 0 Å². The summed E-state index contributed by atoms with van der Waals surface area (Å²) in [5.74, 6) is 2.78. The molecule has 293 valence electrons. The molecule has 2 amide bonds. The monoisotopic (exact) mass is 772 g/mol. The number of nitrogens with zero attached hydrogens (tertiary/aromatic N) is 7. The van der Waals surface area contributed by atoms with Gasteiger partial charge in [0, 0.05) is 44.8 Å². The van der Waals surface area contributed by atoms with E-state index in [4.69, 9.17) is 19.4 Å². The number of H-pyrrole nitrogens is 2. The van der Waals surface area contributed by atoms with Crippen LogP contribution < -0.4 is 0 Å². The summed E-state index contributed by atoms with van der Waals surface area (Å²) in [5, 5.41) is 0. The van der Waals surface area contributed by atoms with E-state index in [1.807, 2.05) is 94.7 Å². The summed E-state index contributed by atoms with van der Waals surface area (Å²) in [6.07, 6.45) is 6.98. The number of rotatable bonds is 9. The zero-order chi connectivity index (χ0) is 39.2. The fourth-order valence-electron chi connectivity index (χ4n) is 9.04. The van der Waals surface area contributed by atoms with Gasteiger partial charge in [0.15, 0.2) is 5.76 Å². The quantitative estimate of drug-likeness (QED) is 0.156. The average molecular weight is 773 g/mol. The molecule has 3 aliphatic rings. The lowest BCUT2D eigenvalue weighted by Gasteiger charge is -2.39. The summed E-state index contributed by atoms with van der Waals surface area (Å²) in [7, 11) is 2.14. The zero-order valence-electron chi connectivity index (χ0n) is 32.6. The summed E-state index contributed by atoms with van der Waals surface area (Å²) < 4.78 is 6.43. The first-order valence-electron chi connectivity index (χ1n) is 20.4. The van der Waals surface area contributed by atoms with Crippen LogP contribution in [0.1, 0.15) is 66.6 Å². The fraction of sp³-hybridized carbons (Fsp3) is 0.304. The molecule has 58 heavy (non-hydrogen) atoms.